The van der Waals surface area contributed by atoms with E-state index in [1.807, 2.05) is 0 Å². The van der Waals surface area contributed by atoms with Crippen LogP contribution >= 0.6 is 0 Å². The molecule has 0 unspecified atom stereocenters. The molecule has 3 heterocycles. The van der Waals surface area contributed by atoms with Crippen LogP contribution in [0.2, 0.25) is 0 Å². The average Bonchev–Trinajstić information content (AvgIpc) is 3.06. The Bertz CT molecular complexity index is 1200. The van der Waals surface area contributed by atoms with Crippen molar-refractivity contribution in [2.45, 2.75) is 26.1 Å². The molecule has 0 radical (unpaired) electrons. The number of anilines is 2. The molecule has 1 aliphatic rings. The number of amides is 2. The van der Waals surface area contributed by atoms with Crippen LogP contribution in [0, 0.1) is 12.9 Å². The van der Waals surface area contributed by atoms with Crippen molar-refractivity contribution in [2.75, 3.05) is 16.8 Å². The van der Waals surface area contributed by atoms with Crippen molar-refractivity contribution >= 4 is 23.2 Å². The van der Waals surface area contributed by atoms with Gasteiger partial charge in [-0.05, 0) is 50.2 Å². The quantitative estimate of drug-likeness (QED) is 0.587. The smallest absolute Gasteiger partial charge is 0.318 e. The molecule has 1 aliphatic heterocycles. The lowest BCUT2D eigenvalue weighted by Gasteiger charge is -2.33. The first-order valence-electron chi connectivity index (χ1n) is 9.71. The minimum Gasteiger partial charge on any atom is -0.318 e. The summed E-state index contributed by atoms with van der Waals surface area (Å²) in [6, 6.07) is 9.52. The molecule has 3 aromatic rings. The van der Waals surface area contributed by atoms with Crippen LogP contribution in [0.1, 0.15) is 45.2 Å². The molecule has 0 saturated carbocycles. The van der Waals surface area contributed by atoms with Gasteiger partial charge in [0.25, 0.3) is 11.8 Å². The number of fused-ring (bicyclic) bond motifs is 1. The van der Waals surface area contributed by atoms with Crippen LogP contribution in [0.5, 0.6) is 0 Å². The maximum atomic E-state index is 14.6. The molecule has 0 bridgehead atoms. The minimum atomic E-state index is -4.50. The summed E-state index contributed by atoms with van der Waals surface area (Å²) in [5.41, 5.74) is -0.0271. The molecule has 1 aromatic carbocycles. The van der Waals surface area contributed by atoms with Gasteiger partial charge in [0.15, 0.2) is 5.95 Å². The second-order valence-corrected chi connectivity index (χ2v) is 7.53. The Labute approximate surface area is 180 Å². The maximum Gasteiger partial charge on any atom is 0.416 e. The zero-order valence-electron chi connectivity index (χ0n) is 17.1. The van der Waals surface area contributed by atoms with Gasteiger partial charge in [-0.1, -0.05) is 6.07 Å². The predicted octanol–water partition coefficient (Wildman–Crippen LogP) is 4.82. The summed E-state index contributed by atoms with van der Waals surface area (Å²) in [7, 11) is 0. The summed E-state index contributed by atoms with van der Waals surface area (Å²) in [4.78, 5) is 31.2. The van der Waals surface area contributed by atoms with Gasteiger partial charge < -0.3 is 14.8 Å². The van der Waals surface area contributed by atoms with E-state index in [1.54, 1.807) is 26.0 Å². The van der Waals surface area contributed by atoms with Crippen LogP contribution < -0.4 is 10.2 Å². The van der Waals surface area contributed by atoms with Gasteiger partial charge in [-0.25, -0.2) is 4.98 Å². The summed E-state index contributed by atoms with van der Waals surface area (Å²) in [6.07, 6.45) is -4.50. The van der Waals surface area contributed by atoms with Crippen LogP contribution in [0.25, 0.3) is 0 Å². The molecule has 2 aromatic heterocycles. The van der Waals surface area contributed by atoms with Crippen LogP contribution in [-0.4, -0.2) is 27.9 Å². The fraction of sp³-hybridized carbons (Fsp3) is 0.227. The average molecular weight is 446 g/mol. The van der Waals surface area contributed by atoms with E-state index in [0.29, 0.717) is 5.69 Å². The first kappa shape index (κ1) is 21.5. The molecule has 6 nitrogen and oxygen atoms in total. The zero-order chi connectivity index (χ0) is 23.2. The van der Waals surface area contributed by atoms with E-state index in [9.17, 15) is 27.2 Å². The van der Waals surface area contributed by atoms with Gasteiger partial charge >= 0.3 is 6.18 Å². The summed E-state index contributed by atoms with van der Waals surface area (Å²) in [6.45, 7) is 3.43. The van der Waals surface area contributed by atoms with Crippen molar-refractivity contribution in [2.24, 2.45) is 0 Å². The van der Waals surface area contributed by atoms with Gasteiger partial charge in [-0.15, -0.1) is 0 Å². The van der Waals surface area contributed by atoms with Crippen molar-refractivity contribution < 1.29 is 27.2 Å². The molecule has 166 valence electrons. The number of carbonyl (C=O) groups is 2. The van der Waals surface area contributed by atoms with Gasteiger partial charge in [-0.3, -0.25) is 9.59 Å². The highest BCUT2D eigenvalue weighted by molar-refractivity contribution is 6.13. The molecule has 1 atom stereocenters. The maximum absolute atomic E-state index is 14.6. The number of pyridine rings is 1. The Morgan fingerprint density at radius 1 is 1.16 bits per heavy atom. The standard InChI is InChI=1S/C22H18F4N4O2/c1-12-4-3-5-16(27-12)20(31)28-17-10-18(23)30-13(2)11-29(21(32)19(17)30)15-8-6-14(7-9-15)22(24,25)26/h3-10,13H,11H2,1-2H3,(H,28,31)/t13-/m0/s1. The normalized spacial score (nSPS) is 16.1. The lowest BCUT2D eigenvalue weighted by molar-refractivity contribution is -0.137. The number of hydrogen-bond acceptors (Lipinski definition) is 3. The third-order valence-electron chi connectivity index (χ3n) is 5.20. The van der Waals surface area contributed by atoms with E-state index in [4.69, 9.17) is 0 Å². The number of carbonyl (C=O) groups excluding carboxylic acids is 2. The number of rotatable bonds is 3. The molecule has 0 fully saturated rings. The molecule has 4 rings (SSSR count). The molecule has 0 saturated heterocycles. The number of halogens is 4. The van der Waals surface area contributed by atoms with Crippen molar-refractivity contribution in [1.29, 1.82) is 0 Å². The van der Waals surface area contributed by atoms with E-state index >= 15 is 0 Å². The number of aromatic nitrogens is 2. The van der Waals surface area contributed by atoms with E-state index in [2.05, 4.69) is 10.3 Å². The molecule has 10 heteroatoms. The van der Waals surface area contributed by atoms with Crippen molar-refractivity contribution in [3.63, 3.8) is 0 Å². The van der Waals surface area contributed by atoms with Crippen LogP contribution in [0.4, 0.5) is 28.9 Å². The Balaban J connectivity index is 1.68. The number of hydrogen-bond donors (Lipinski definition) is 1. The first-order chi connectivity index (χ1) is 15.1. The number of aryl methyl sites for hydroxylation is 1. The third-order valence-corrected chi connectivity index (χ3v) is 5.20. The van der Waals surface area contributed by atoms with E-state index in [-0.39, 0.29) is 29.3 Å². The number of benzene rings is 1. The lowest BCUT2D eigenvalue weighted by atomic mass is 10.1. The summed E-state index contributed by atoms with van der Waals surface area (Å²) in [5, 5.41) is 2.53. The zero-order valence-corrected chi connectivity index (χ0v) is 17.1. The second kappa shape index (κ2) is 7.77. The van der Waals surface area contributed by atoms with E-state index in [0.717, 1.165) is 18.2 Å². The number of nitrogens with one attached hydrogen (secondary N) is 1. The molecule has 0 spiro atoms. The Morgan fingerprint density at radius 3 is 2.47 bits per heavy atom. The van der Waals surface area contributed by atoms with Crippen molar-refractivity contribution in [1.82, 2.24) is 9.55 Å². The van der Waals surface area contributed by atoms with Crippen molar-refractivity contribution in [3.05, 3.63) is 77.1 Å². The van der Waals surface area contributed by atoms with Gasteiger partial charge in [0.2, 0.25) is 0 Å². The van der Waals surface area contributed by atoms with Gasteiger partial charge in [-0.2, -0.15) is 17.6 Å². The van der Waals surface area contributed by atoms with E-state index in [1.165, 1.54) is 27.7 Å². The highest BCUT2D eigenvalue weighted by Crippen LogP contribution is 2.35. The molecular weight excluding hydrogens is 428 g/mol. The topological polar surface area (TPSA) is 67.2 Å². The monoisotopic (exact) mass is 446 g/mol. The van der Waals surface area contributed by atoms with Gasteiger partial charge in [0.05, 0.1) is 17.3 Å². The van der Waals surface area contributed by atoms with Crippen LogP contribution in [0.15, 0.2) is 48.5 Å². The molecule has 32 heavy (non-hydrogen) atoms. The van der Waals surface area contributed by atoms with Gasteiger partial charge in [0, 0.05) is 24.0 Å². The number of nitrogens with zero attached hydrogens (tertiary/aromatic N) is 3. The molecule has 0 aliphatic carbocycles. The summed E-state index contributed by atoms with van der Waals surface area (Å²) >= 11 is 0. The summed E-state index contributed by atoms with van der Waals surface area (Å²) in [5.74, 6) is -1.96. The highest BCUT2D eigenvalue weighted by atomic mass is 19.4. The fourth-order valence-corrected chi connectivity index (χ4v) is 3.70. The second-order valence-electron chi connectivity index (χ2n) is 7.53. The molecular formula is C22H18F4N4O2. The van der Waals surface area contributed by atoms with Crippen LogP contribution in [0.3, 0.4) is 0 Å². The number of alkyl halides is 3. The Kier molecular flexibility index (Phi) is 5.23. The fourth-order valence-electron chi connectivity index (χ4n) is 3.70. The van der Waals surface area contributed by atoms with Crippen molar-refractivity contribution in [3.8, 4) is 0 Å². The molecule has 1 N–H and O–H groups in total. The SMILES string of the molecule is Cc1cccc(C(=O)Nc2cc(F)n3c2C(=O)N(c2ccc(C(F)(F)F)cc2)C[C@@H]3C)n1. The highest BCUT2D eigenvalue weighted by Gasteiger charge is 2.36. The third kappa shape index (κ3) is 3.83. The van der Waals surface area contributed by atoms with Gasteiger partial charge in [0.1, 0.15) is 11.4 Å². The lowest BCUT2D eigenvalue weighted by Crippen LogP contribution is -2.43. The largest absolute Gasteiger partial charge is 0.416 e. The van der Waals surface area contributed by atoms with E-state index < -0.39 is 35.5 Å². The first-order valence-corrected chi connectivity index (χ1v) is 9.71. The molecule has 2 amide bonds. The van der Waals surface area contributed by atoms with Crippen LogP contribution in [-0.2, 0) is 6.18 Å². The predicted molar refractivity (Wildman–Crippen MR) is 109 cm³/mol. The Morgan fingerprint density at radius 2 is 1.84 bits per heavy atom. The summed E-state index contributed by atoms with van der Waals surface area (Å²) < 4.78 is 54.4. The minimum absolute atomic E-state index is 0.0377. The Hall–Kier alpha value is -3.69.